The molecule has 0 saturated carbocycles. The van der Waals surface area contributed by atoms with Gasteiger partial charge in [0.15, 0.2) is 0 Å². The average Bonchev–Trinajstić information content (AvgIpc) is 2.29. The topological polar surface area (TPSA) is 70.8 Å². The molecule has 0 radical (unpaired) electrons. The van der Waals surface area contributed by atoms with Crippen LogP contribution in [-0.2, 0) is 19.0 Å². The number of rotatable bonds is 6. The van der Waals surface area contributed by atoms with E-state index in [0.29, 0.717) is 39.3 Å². The van der Waals surface area contributed by atoms with Crippen molar-refractivity contribution in [3.8, 4) is 0 Å². The molecule has 1 fully saturated rings. The van der Waals surface area contributed by atoms with E-state index in [-0.39, 0.29) is 12.6 Å². The Morgan fingerprint density at radius 1 is 1.31 bits per heavy atom. The summed E-state index contributed by atoms with van der Waals surface area (Å²) in [5.74, 6) is -0.337. The van der Waals surface area contributed by atoms with Gasteiger partial charge >= 0.3 is 5.97 Å². The number of carbonyl (C=O) groups is 1. The maximum atomic E-state index is 11.7. The third-order valence-electron chi connectivity index (χ3n) is 2.60. The molecule has 0 aromatic carbocycles. The van der Waals surface area contributed by atoms with Crippen molar-refractivity contribution >= 4 is 5.97 Å². The lowest BCUT2D eigenvalue weighted by molar-refractivity contribution is -0.155. The lowest BCUT2D eigenvalue weighted by Gasteiger charge is -2.30. The molecule has 0 aromatic rings. The van der Waals surface area contributed by atoms with Crippen molar-refractivity contribution in [2.75, 3.05) is 33.0 Å². The van der Waals surface area contributed by atoms with E-state index >= 15 is 0 Å². The Bertz CT molecular complexity index is 214. The fourth-order valence-electron chi connectivity index (χ4n) is 1.52. The Labute approximate surface area is 96.2 Å². The van der Waals surface area contributed by atoms with Crippen LogP contribution >= 0.6 is 0 Å². The molecule has 16 heavy (non-hydrogen) atoms. The maximum Gasteiger partial charge on any atom is 0.326 e. The second-order valence-electron chi connectivity index (χ2n) is 4.02. The summed E-state index contributed by atoms with van der Waals surface area (Å²) in [6, 6.07) is 0. The molecule has 0 spiro atoms. The molecule has 1 rings (SSSR count). The van der Waals surface area contributed by atoms with E-state index in [0.717, 1.165) is 6.42 Å². The predicted octanol–water partition coefficient (Wildman–Crippen LogP) is 0.464. The zero-order chi connectivity index (χ0) is 11.9. The molecule has 5 heteroatoms. The van der Waals surface area contributed by atoms with Crippen molar-refractivity contribution in [1.82, 2.24) is 0 Å². The molecule has 94 valence electrons. The first-order valence-electron chi connectivity index (χ1n) is 5.80. The Morgan fingerprint density at radius 3 is 2.62 bits per heavy atom. The van der Waals surface area contributed by atoms with E-state index in [1.165, 1.54) is 0 Å². The normalized spacial score (nSPS) is 19.4. The van der Waals surface area contributed by atoms with Gasteiger partial charge in [-0.3, -0.25) is 4.79 Å². The molecule has 0 atom stereocenters. The first kappa shape index (κ1) is 13.4. The highest BCUT2D eigenvalue weighted by Crippen LogP contribution is 2.19. The van der Waals surface area contributed by atoms with Crippen molar-refractivity contribution in [2.45, 2.75) is 31.7 Å². The van der Waals surface area contributed by atoms with E-state index in [1.807, 2.05) is 6.92 Å². The Kier molecular flexibility index (Phi) is 5.73. The van der Waals surface area contributed by atoms with Crippen LogP contribution in [0.2, 0.25) is 0 Å². The van der Waals surface area contributed by atoms with Crippen molar-refractivity contribution < 1.29 is 19.0 Å². The van der Waals surface area contributed by atoms with E-state index in [4.69, 9.17) is 19.9 Å². The van der Waals surface area contributed by atoms with Gasteiger partial charge in [0.1, 0.15) is 12.1 Å². The lowest BCUT2D eigenvalue weighted by atomic mass is 9.92. The average molecular weight is 231 g/mol. The Balaban J connectivity index is 2.18. The summed E-state index contributed by atoms with van der Waals surface area (Å²) >= 11 is 0. The van der Waals surface area contributed by atoms with Crippen molar-refractivity contribution in [3.05, 3.63) is 0 Å². The number of hydrogen-bond acceptors (Lipinski definition) is 5. The number of ether oxygens (including phenoxy) is 3. The summed E-state index contributed by atoms with van der Waals surface area (Å²) in [6.45, 7) is 4.49. The SMILES string of the molecule is CCCOCCOC(=O)C1(N)CCOCC1. The van der Waals surface area contributed by atoms with Gasteiger partial charge < -0.3 is 19.9 Å². The van der Waals surface area contributed by atoms with Crippen LogP contribution in [0.25, 0.3) is 0 Å². The molecule has 0 unspecified atom stereocenters. The summed E-state index contributed by atoms with van der Waals surface area (Å²) in [6.07, 6.45) is 2.02. The number of carbonyl (C=O) groups excluding carboxylic acids is 1. The fourth-order valence-corrected chi connectivity index (χ4v) is 1.52. The van der Waals surface area contributed by atoms with Crippen molar-refractivity contribution in [1.29, 1.82) is 0 Å². The van der Waals surface area contributed by atoms with Crippen LogP contribution in [0.15, 0.2) is 0 Å². The first-order valence-corrected chi connectivity index (χ1v) is 5.80. The third kappa shape index (κ3) is 4.08. The van der Waals surface area contributed by atoms with Gasteiger partial charge in [-0.15, -0.1) is 0 Å². The largest absolute Gasteiger partial charge is 0.462 e. The molecule has 0 aromatic heterocycles. The third-order valence-corrected chi connectivity index (χ3v) is 2.60. The lowest BCUT2D eigenvalue weighted by Crippen LogP contribution is -2.53. The van der Waals surface area contributed by atoms with Crippen LogP contribution in [0.1, 0.15) is 26.2 Å². The molecule has 5 nitrogen and oxygen atoms in total. The summed E-state index contributed by atoms with van der Waals surface area (Å²) in [5.41, 5.74) is 5.09. The quantitative estimate of drug-likeness (QED) is 0.531. The Hall–Kier alpha value is -0.650. The summed E-state index contributed by atoms with van der Waals surface area (Å²) in [5, 5.41) is 0. The monoisotopic (exact) mass is 231 g/mol. The molecule has 0 bridgehead atoms. The number of esters is 1. The minimum atomic E-state index is -0.858. The summed E-state index contributed by atoms with van der Waals surface area (Å²) < 4.78 is 15.5. The molecular weight excluding hydrogens is 210 g/mol. The molecule has 1 saturated heterocycles. The van der Waals surface area contributed by atoms with Crippen molar-refractivity contribution in [2.24, 2.45) is 5.73 Å². The zero-order valence-corrected chi connectivity index (χ0v) is 9.87. The zero-order valence-electron chi connectivity index (χ0n) is 9.87. The molecule has 0 amide bonds. The van der Waals surface area contributed by atoms with Gasteiger partial charge in [-0.2, -0.15) is 0 Å². The molecular formula is C11H21NO4. The van der Waals surface area contributed by atoms with Crippen molar-refractivity contribution in [3.63, 3.8) is 0 Å². The molecule has 1 aliphatic heterocycles. The van der Waals surface area contributed by atoms with Gasteiger partial charge in [0.2, 0.25) is 0 Å². The highest BCUT2D eigenvalue weighted by molar-refractivity contribution is 5.80. The first-order chi connectivity index (χ1) is 7.69. The van der Waals surface area contributed by atoms with Crippen LogP contribution in [0.5, 0.6) is 0 Å². The van der Waals surface area contributed by atoms with Crippen LogP contribution in [0.4, 0.5) is 0 Å². The van der Waals surface area contributed by atoms with Gasteiger partial charge in [-0.1, -0.05) is 6.92 Å². The van der Waals surface area contributed by atoms with Crippen LogP contribution in [0.3, 0.4) is 0 Å². The summed E-state index contributed by atoms with van der Waals surface area (Å²) in [7, 11) is 0. The standard InChI is InChI=1S/C11H21NO4/c1-2-5-14-8-9-16-10(13)11(12)3-6-15-7-4-11/h2-9,12H2,1H3. The smallest absolute Gasteiger partial charge is 0.326 e. The second kappa shape index (κ2) is 6.83. The predicted molar refractivity (Wildman–Crippen MR) is 59.0 cm³/mol. The second-order valence-corrected chi connectivity index (χ2v) is 4.02. The van der Waals surface area contributed by atoms with E-state index in [9.17, 15) is 4.79 Å². The van der Waals surface area contributed by atoms with Crippen LogP contribution < -0.4 is 5.73 Å². The van der Waals surface area contributed by atoms with E-state index in [2.05, 4.69) is 0 Å². The van der Waals surface area contributed by atoms with Gasteiger partial charge in [0.05, 0.1) is 6.61 Å². The van der Waals surface area contributed by atoms with Crippen LogP contribution in [-0.4, -0.2) is 44.5 Å². The van der Waals surface area contributed by atoms with Gasteiger partial charge in [-0.25, -0.2) is 0 Å². The van der Waals surface area contributed by atoms with Crippen LogP contribution in [0, 0.1) is 0 Å². The minimum absolute atomic E-state index is 0.276. The molecule has 1 heterocycles. The van der Waals surface area contributed by atoms with Gasteiger partial charge in [0.25, 0.3) is 0 Å². The summed E-state index contributed by atoms with van der Waals surface area (Å²) in [4.78, 5) is 11.7. The molecule has 0 aliphatic carbocycles. The molecule has 1 aliphatic rings. The maximum absolute atomic E-state index is 11.7. The number of hydrogen-bond donors (Lipinski definition) is 1. The van der Waals surface area contributed by atoms with Gasteiger partial charge in [0, 0.05) is 19.8 Å². The fraction of sp³-hybridized carbons (Fsp3) is 0.909. The van der Waals surface area contributed by atoms with E-state index in [1.54, 1.807) is 0 Å². The highest BCUT2D eigenvalue weighted by Gasteiger charge is 2.37. The van der Waals surface area contributed by atoms with Gasteiger partial charge in [-0.05, 0) is 19.3 Å². The molecule has 2 N–H and O–H groups in total. The Morgan fingerprint density at radius 2 is 2.00 bits per heavy atom. The van der Waals surface area contributed by atoms with E-state index < -0.39 is 5.54 Å². The minimum Gasteiger partial charge on any atom is -0.462 e. The highest BCUT2D eigenvalue weighted by atomic mass is 16.6. The number of nitrogens with two attached hydrogens (primary N) is 1.